The van der Waals surface area contributed by atoms with E-state index < -0.39 is 6.04 Å². The molecule has 1 aromatic carbocycles. The zero-order chi connectivity index (χ0) is 15.6. The Bertz CT molecular complexity index is 564. The van der Waals surface area contributed by atoms with Gasteiger partial charge < -0.3 is 10.6 Å². The van der Waals surface area contributed by atoms with Crippen LogP contribution in [0.3, 0.4) is 0 Å². The lowest BCUT2D eigenvalue weighted by Crippen LogP contribution is -2.37. The molecule has 0 spiro atoms. The average molecular weight is 306 g/mol. The molecule has 4 nitrogen and oxygen atoms in total. The molecular weight excluding hydrogens is 284 g/mol. The minimum atomic E-state index is -0.402. The third-order valence-electron chi connectivity index (χ3n) is 3.19. The van der Waals surface area contributed by atoms with E-state index in [0.29, 0.717) is 12.8 Å². The predicted octanol–water partition coefficient (Wildman–Crippen LogP) is 3.10. The number of amides is 2. The minimum absolute atomic E-state index is 0.0520. The summed E-state index contributed by atoms with van der Waals surface area (Å²) in [5.74, 6) is -0.191. The summed E-state index contributed by atoms with van der Waals surface area (Å²) < 4.78 is 0.158. The number of hydrogen-bond acceptors (Lipinski definition) is 3. The van der Waals surface area contributed by atoms with Crippen molar-refractivity contribution in [1.29, 1.82) is 0 Å². The Morgan fingerprint density at radius 2 is 2.10 bits per heavy atom. The summed E-state index contributed by atoms with van der Waals surface area (Å²) in [5.41, 5.74) is 1.83. The Balaban J connectivity index is 2.04. The highest BCUT2D eigenvalue weighted by atomic mass is 32.2. The van der Waals surface area contributed by atoms with E-state index in [9.17, 15) is 9.59 Å². The van der Waals surface area contributed by atoms with E-state index in [4.69, 9.17) is 0 Å². The fourth-order valence-electron chi connectivity index (χ4n) is 2.22. The second kappa shape index (κ2) is 6.10. The molecule has 1 aromatic rings. The van der Waals surface area contributed by atoms with Gasteiger partial charge in [-0.1, -0.05) is 20.8 Å². The summed E-state index contributed by atoms with van der Waals surface area (Å²) in [6.07, 6.45) is 1.000. The summed E-state index contributed by atoms with van der Waals surface area (Å²) in [4.78, 5) is 24.4. The summed E-state index contributed by atoms with van der Waals surface area (Å²) in [6.45, 7) is 8.50. The van der Waals surface area contributed by atoms with Gasteiger partial charge in [0.1, 0.15) is 6.04 Å². The van der Waals surface area contributed by atoms with Crippen molar-refractivity contribution in [3.63, 3.8) is 0 Å². The molecule has 0 unspecified atom stereocenters. The monoisotopic (exact) mass is 306 g/mol. The first-order valence-corrected chi connectivity index (χ1v) is 7.96. The van der Waals surface area contributed by atoms with Gasteiger partial charge in [0.15, 0.2) is 0 Å². The molecule has 0 bridgehead atoms. The molecule has 21 heavy (non-hydrogen) atoms. The lowest BCUT2D eigenvalue weighted by molar-refractivity contribution is -0.122. The molecule has 2 N–H and O–H groups in total. The normalized spacial score (nSPS) is 18.5. The van der Waals surface area contributed by atoms with Gasteiger partial charge >= 0.3 is 0 Å². The van der Waals surface area contributed by atoms with Gasteiger partial charge in [-0.3, -0.25) is 9.59 Å². The van der Waals surface area contributed by atoms with Crippen molar-refractivity contribution < 1.29 is 9.59 Å². The fourth-order valence-corrected chi connectivity index (χ4v) is 3.30. The first-order chi connectivity index (χ1) is 9.74. The van der Waals surface area contributed by atoms with Gasteiger partial charge in [-0.15, -0.1) is 11.8 Å². The van der Waals surface area contributed by atoms with E-state index in [0.717, 1.165) is 11.3 Å². The molecule has 0 aliphatic carbocycles. The van der Waals surface area contributed by atoms with Crippen LogP contribution in [-0.2, 0) is 9.59 Å². The molecule has 0 radical (unpaired) electrons. The van der Waals surface area contributed by atoms with E-state index >= 15 is 0 Å². The van der Waals surface area contributed by atoms with Crippen LogP contribution < -0.4 is 10.6 Å². The molecule has 1 atom stereocenters. The largest absolute Gasteiger partial charge is 0.344 e. The predicted molar refractivity (Wildman–Crippen MR) is 86.6 cm³/mol. The van der Waals surface area contributed by atoms with Crippen molar-refractivity contribution in [3.05, 3.63) is 23.8 Å². The van der Waals surface area contributed by atoms with Crippen molar-refractivity contribution in [3.8, 4) is 0 Å². The minimum Gasteiger partial charge on any atom is -0.344 e. The van der Waals surface area contributed by atoms with Crippen molar-refractivity contribution >= 4 is 29.3 Å². The highest BCUT2D eigenvalue weighted by Gasteiger charge is 2.27. The van der Waals surface area contributed by atoms with Gasteiger partial charge in [0.25, 0.3) is 0 Å². The number of nitrogens with one attached hydrogen (secondary N) is 2. The molecule has 1 fully saturated rings. The topological polar surface area (TPSA) is 58.2 Å². The Hall–Kier alpha value is -1.49. The van der Waals surface area contributed by atoms with Crippen LogP contribution in [0.2, 0.25) is 0 Å². The van der Waals surface area contributed by atoms with Crippen molar-refractivity contribution in [2.45, 2.75) is 56.2 Å². The summed E-state index contributed by atoms with van der Waals surface area (Å²) >= 11 is 1.80. The van der Waals surface area contributed by atoms with Gasteiger partial charge in [0.05, 0.1) is 0 Å². The number of thioether (sulfide) groups is 1. The maximum Gasteiger partial charge on any atom is 0.246 e. The zero-order valence-electron chi connectivity index (χ0n) is 12.9. The highest BCUT2D eigenvalue weighted by molar-refractivity contribution is 8.00. The maximum atomic E-state index is 12.1. The summed E-state index contributed by atoms with van der Waals surface area (Å²) in [5, 5.41) is 5.58. The van der Waals surface area contributed by atoms with E-state index in [1.807, 2.05) is 19.1 Å². The zero-order valence-corrected chi connectivity index (χ0v) is 13.8. The lowest BCUT2D eigenvalue weighted by atomic mass is 10.1. The third-order valence-corrected chi connectivity index (χ3v) is 4.29. The highest BCUT2D eigenvalue weighted by Crippen LogP contribution is 2.33. The second-order valence-electron chi connectivity index (χ2n) is 6.34. The number of carbonyl (C=O) groups excluding carboxylic acids is 2. The van der Waals surface area contributed by atoms with Crippen LogP contribution in [-0.4, -0.2) is 22.6 Å². The van der Waals surface area contributed by atoms with Crippen LogP contribution in [0.25, 0.3) is 0 Å². The average Bonchev–Trinajstić information content (AvgIpc) is 2.77. The number of benzene rings is 1. The molecule has 1 aliphatic heterocycles. The molecule has 0 saturated carbocycles. The molecule has 1 aliphatic rings. The quantitative estimate of drug-likeness (QED) is 0.844. The SMILES string of the molecule is Cc1cc(SC(C)(C)C)ccc1NC(=O)[C@H]1CCC(=O)N1. The molecule has 0 aromatic heterocycles. The van der Waals surface area contributed by atoms with Gasteiger partial charge in [-0.2, -0.15) is 0 Å². The fraction of sp³-hybridized carbons (Fsp3) is 0.500. The Morgan fingerprint density at radius 1 is 1.38 bits per heavy atom. The van der Waals surface area contributed by atoms with Crippen LogP contribution >= 0.6 is 11.8 Å². The van der Waals surface area contributed by atoms with Crippen LogP contribution in [0, 0.1) is 6.92 Å². The number of anilines is 1. The number of rotatable bonds is 3. The Kier molecular flexibility index (Phi) is 4.61. The molecule has 1 heterocycles. The summed E-state index contributed by atoms with van der Waals surface area (Å²) in [7, 11) is 0. The Morgan fingerprint density at radius 3 is 2.62 bits per heavy atom. The molecule has 114 valence electrons. The van der Waals surface area contributed by atoms with Crippen LogP contribution in [0.1, 0.15) is 39.2 Å². The van der Waals surface area contributed by atoms with E-state index in [1.165, 1.54) is 4.90 Å². The van der Waals surface area contributed by atoms with Crippen LogP contribution in [0.4, 0.5) is 5.69 Å². The van der Waals surface area contributed by atoms with Crippen molar-refractivity contribution in [2.75, 3.05) is 5.32 Å². The molecular formula is C16H22N2O2S. The van der Waals surface area contributed by atoms with E-state index in [2.05, 4.69) is 37.5 Å². The number of aryl methyl sites for hydroxylation is 1. The lowest BCUT2D eigenvalue weighted by Gasteiger charge is -2.19. The van der Waals surface area contributed by atoms with Crippen LogP contribution in [0.5, 0.6) is 0 Å². The first kappa shape index (κ1) is 15.9. The molecule has 2 rings (SSSR count). The molecule has 2 amide bonds. The van der Waals surface area contributed by atoms with Gasteiger partial charge in [-0.25, -0.2) is 0 Å². The maximum absolute atomic E-state index is 12.1. The Labute approximate surface area is 130 Å². The van der Waals surface area contributed by atoms with Crippen molar-refractivity contribution in [1.82, 2.24) is 5.32 Å². The standard InChI is InChI=1S/C16H22N2O2S/c1-10-9-11(21-16(2,3)4)5-6-12(10)18-15(20)13-7-8-14(19)17-13/h5-6,9,13H,7-8H2,1-4H3,(H,17,19)(H,18,20)/t13-/m1/s1. The number of carbonyl (C=O) groups is 2. The molecule has 5 heteroatoms. The van der Waals surface area contributed by atoms with Gasteiger partial charge in [-0.05, 0) is 37.1 Å². The first-order valence-electron chi connectivity index (χ1n) is 7.14. The smallest absolute Gasteiger partial charge is 0.246 e. The van der Waals surface area contributed by atoms with E-state index in [-0.39, 0.29) is 16.6 Å². The second-order valence-corrected chi connectivity index (χ2v) is 8.24. The molecule has 1 saturated heterocycles. The summed E-state index contributed by atoms with van der Waals surface area (Å²) in [6, 6.07) is 5.63. The van der Waals surface area contributed by atoms with Gasteiger partial charge in [0, 0.05) is 21.8 Å². The van der Waals surface area contributed by atoms with Crippen LogP contribution in [0.15, 0.2) is 23.1 Å². The number of hydrogen-bond donors (Lipinski definition) is 2. The van der Waals surface area contributed by atoms with E-state index in [1.54, 1.807) is 11.8 Å². The third kappa shape index (κ3) is 4.49. The van der Waals surface area contributed by atoms with Crippen molar-refractivity contribution in [2.24, 2.45) is 0 Å². The van der Waals surface area contributed by atoms with Gasteiger partial charge in [0.2, 0.25) is 11.8 Å².